The lowest BCUT2D eigenvalue weighted by Gasteiger charge is -1.99. The lowest BCUT2D eigenvalue weighted by Crippen LogP contribution is -2.14. The molecule has 0 saturated carbocycles. The second-order valence-electron chi connectivity index (χ2n) is 2.36. The largest absolute Gasteiger partial charge is 0.507 e. The van der Waals surface area contributed by atoms with Gasteiger partial charge in [0, 0.05) is 13.1 Å². The fraction of sp³-hybridized carbons (Fsp3) is 0.100. The maximum atomic E-state index is 12.7. The SMILES string of the molecule is C=C/C(O)=C(/C=C/C(=O)NC)C(=C)F. The number of likely N-dealkylation sites (N-methyl/N-ethyl adjacent to an activating group) is 1. The van der Waals surface area contributed by atoms with Gasteiger partial charge in [0.15, 0.2) is 0 Å². The quantitative estimate of drug-likeness (QED) is 0.410. The minimum absolute atomic E-state index is 0.163. The maximum absolute atomic E-state index is 12.7. The monoisotopic (exact) mass is 197 g/mol. The van der Waals surface area contributed by atoms with Crippen LogP contribution in [0.4, 0.5) is 4.39 Å². The van der Waals surface area contributed by atoms with E-state index in [-0.39, 0.29) is 11.3 Å². The molecule has 1 amide bonds. The minimum Gasteiger partial charge on any atom is -0.507 e. The third-order valence-electron chi connectivity index (χ3n) is 1.41. The number of carbonyl (C=O) groups excluding carboxylic acids is 1. The van der Waals surface area contributed by atoms with Gasteiger partial charge >= 0.3 is 0 Å². The Labute approximate surface area is 81.9 Å². The van der Waals surface area contributed by atoms with Gasteiger partial charge in [-0.2, -0.15) is 0 Å². The zero-order valence-corrected chi connectivity index (χ0v) is 7.88. The topological polar surface area (TPSA) is 49.3 Å². The van der Waals surface area contributed by atoms with Crippen LogP contribution in [0.25, 0.3) is 0 Å². The lowest BCUT2D eigenvalue weighted by atomic mass is 10.2. The zero-order valence-electron chi connectivity index (χ0n) is 7.88. The number of allylic oxidation sites excluding steroid dienone is 4. The number of amides is 1. The molecule has 0 rings (SSSR count). The van der Waals surface area contributed by atoms with Crippen LogP contribution in [0, 0.1) is 0 Å². The number of halogens is 1. The van der Waals surface area contributed by atoms with Crippen LogP contribution >= 0.6 is 0 Å². The highest BCUT2D eigenvalue weighted by atomic mass is 19.1. The summed E-state index contributed by atoms with van der Waals surface area (Å²) < 4.78 is 12.7. The molecule has 0 atom stereocenters. The Morgan fingerprint density at radius 1 is 1.50 bits per heavy atom. The Hall–Kier alpha value is -1.84. The summed E-state index contributed by atoms with van der Waals surface area (Å²) in [6, 6.07) is 0. The van der Waals surface area contributed by atoms with Crippen LogP contribution in [-0.2, 0) is 4.79 Å². The van der Waals surface area contributed by atoms with Crippen LogP contribution in [0.15, 0.2) is 48.5 Å². The lowest BCUT2D eigenvalue weighted by molar-refractivity contribution is -0.116. The van der Waals surface area contributed by atoms with Crippen molar-refractivity contribution in [1.82, 2.24) is 5.32 Å². The second-order valence-corrected chi connectivity index (χ2v) is 2.36. The van der Waals surface area contributed by atoms with Crippen LogP contribution < -0.4 is 5.32 Å². The van der Waals surface area contributed by atoms with Gasteiger partial charge < -0.3 is 10.4 Å². The fourth-order valence-electron chi connectivity index (χ4n) is 0.667. The van der Waals surface area contributed by atoms with Crippen LogP contribution in [-0.4, -0.2) is 18.1 Å². The van der Waals surface area contributed by atoms with E-state index in [1.165, 1.54) is 7.05 Å². The van der Waals surface area contributed by atoms with Crippen molar-refractivity contribution in [2.45, 2.75) is 0 Å². The van der Waals surface area contributed by atoms with Crippen LogP contribution in [0.1, 0.15) is 0 Å². The first-order valence-electron chi connectivity index (χ1n) is 3.83. The second kappa shape index (κ2) is 5.75. The number of hydrogen-bond donors (Lipinski definition) is 2. The van der Waals surface area contributed by atoms with Gasteiger partial charge in [0.2, 0.25) is 5.91 Å². The molecule has 0 unspecified atom stereocenters. The first-order chi connectivity index (χ1) is 6.52. The van der Waals surface area contributed by atoms with Crippen molar-refractivity contribution in [3.05, 3.63) is 48.5 Å². The summed E-state index contributed by atoms with van der Waals surface area (Å²) in [5, 5.41) is 11.5. The van der Waals surface area contributed by atoms with Gasteiger partial charge in [-0.1, -0.05) is 13.2 Å². The van der Waals surface area contributed by atoms with Crippen LogP contribution in [0.2, 0.25) is 0 Å². The molecular weight excluding hydrogens is 185 g/mol. The molecule has 0 aromatic carbocycles. The molecule has 0 spiro atoms. The van der Waals surface area contributed by atoms with E-state index >= 15 is 0 Å². The number of rotatable bonds is 4. The van der Waals surface area contributed by atoms with Crippen molar-refractivity contribution < 1.29 is 14.3 Å². The highest BCUT2D eigenvalue weighted by Gasteiger charge is 2.03. The van der Waals surface area contributed by atoms with E-state index < -0.39 is 11.7 Å². The average Bonchev–Trinajstić information content (AvgIpc) is 2.16. The van der Waals surface area contributed by atoms with Crippen molar-refractivity contribution in [3.63, 3.8) is 0 Å². The molecule has 0 bridgehead atoms. The molecule has 0 aliphatic carbocycles. The Bertz CT molecular complexity index is 316. The van der Waals surface area contributed by atoms with Crippen molar-refractivity contribution in [1.29, 1.82) is 0 Å². The molecule has 0 heterocycles. The van der Waals surface area contributed by atoms with E-state index in [1.54, 1.807) is 0 Å². The molecule has 0 aromatic rings. The number of aliphatic hydroxyl groups excluding tert-OH is 1. The van der Waals surface area contributed by atoms with Gasteiger partial charge in [-0.15, -0.1) is 0 Å². The Kier molecular flexibility index (Phi) is 4.99. The molecule has 4 heteroatoms. The van der Waals surface area contributed by atoms with Crippen molar-refractivity contribution in [2.24, 2.45) is 0 Å². The smallest absolute Gasteiger partial charge is 0.243 e. The molecule has 14 heavy (non-hydrogen) atoms. The van der Waals surface area contributed by atoms with E-state index in [2.05, 4.69) is 18.5 Å². The predicted octanol–water partition coefficient (Wildman–Crippen LogP) is 1.77. The molecule has 0 saturated heterocycles. The zero-order chi connectivity index (χ0) is 11.1. The van der Waals surface area contributed by atoms with Crippen molar-refractivity contribution >= 4 is 5.91 Å². The summed E-state index contributed by atoms with van der Waals surface area (Å²) in [5.41, 5.74) is -0.163. The summed E-state index contributed by atoms with van der Waals surface area (Å²) >= 11 is 0. The number of aliphatic hydroxyl groups is 1. The van der Waals surface area contributed by atoms with Crippen LogP contribution in [0.3, 0.4) is 0 Å². The maximum Gasteiger partial charge on any atom is 0.243 e. The van der Waals surface area contributed by atoms with Crippen molar-refractivity contribution in [2.75, 3.05) is 7.05 Å². The predicted molar refractivity (Wildman–Crippen MR) is 53.3 cm³/mol. The molecular formula is C10H12FNO2. The van der Waals surface area contributed by atoms with Gasteiger partial charge in [0.25, 0.3) is 0 Å². The first kappa shape index (κ1) is 12.2. The Morgan fingerprint density at radius 2 is 2.07 bits per heavy atom. The molecule has 2 N–H and O–H groups in total. The van der Waals surface area contributed by atoms with E-state index in [0.717, 1.165) is 18.2 Å². The Morgan fingerprint density at radius 3 is 2.43 bits per heavy atom. The standard InChI is InChI=1S/C10H12FNO2/c1-4-9(13)8(7(2)11)5-6-10(14)12-3/h4-6,13H,1-2H2,3H3,(H,12,14)/b6-5+,9-8+. The van der Waals surface area contributed by atoms with Gasteiger partial charge in [0.1, 0.15) is 11.6 Å². The summed E-state index contributed by atoms with van der Waals surface area (Å²) in [5.74, 6) is -1.60. The summed E-state index contributed by atoms with van der Waals surface area (Å²) in [7, 11) is 1.44. The van der Waals surface area contributed by atoms with Gasteiger partial charge in [-0.3, -0.25) is 4.79 Å². The molecule has 0 aliphatic rings. The first-order valence-corrected chi connectivity index (χ1v) is 3.83. The van der Waals surface area contributed by atoms with Gasteiger partial charge in [-0.25, -0.2) is 4.39 Å². The summed E-state index contributed by atoms with van der Waals surface area (Å²) in [4.78, 5) is 10.8. The molecule has 0 radical (unpaired) electrons. The van der Waals surface area contributed by atoms with Crippen LogP contribution in [0.5, 0.6) is 0 Å². The average molecular weight is 197 g/mol. The highest BCUT2D eigenvalue weighted by Crippen LogP contribution is 2.14. The van der Waals surface area contributed by atoms with E-state index in [9.17, 15) is 9.18 Å². The minimum atomic E-state index is -0.831. The third-order valence-corrected chi connectivity index (χ3v) is 1.41. The number of carbonyl (C=O) groups is 1. The summed E-state index contributed by atoms with van der Waals surface area (Å²) in [6.07, 6.45) is 3.27. The number of hydrogen-bond acceptors (Lipinski definition) is 2. The highest BCUT2D eigenvalue weighted by molar-refractivity contribution is 5.87. The fourth-order valence-corrected chi connectivity index (χ4v) is 0.667. The third kappa shape index (κ3) is 3.71. The molecule has 0 aliphatic heterocycles. The summed E-state index contributed by atoms with van der Waals surface area (Å²) in [6.45, 7) is 6.27. The number of nitrogens with one attached hydrogen (secondary N) is 1. The van der Waals surface area contributed by atoms with Crippen molar-refractivity contribution in [3.8, 4) is 0 Å². The van der Waals surface area contributed by atoms with Gasteiger partial charge in [0.05, 0.1) is 5.57 Å². The normalized spacial score (nSPS) is 12.1. The van der Waals surface area contributed by atoms with E-state index in [4.69, 9.17) is 5.11 Å². The molecule has 0 fully saturated rings. The molecule has 76 valence electrons. The van der Waals surface area contributed by atoms with Gasteiger partial charge in [-0.05, 0) is 12.2 Å². The Balaban J connectivity index is 4.90. The van der Waals surface area contributed by atoms with E-state index in [0.29, 0.717) is 0 Å². The molecule has 0 aromatic heterocycles. The molecule has 3 nitrogen and oxygen atoms in total. The van der Waals surface area contributed by atoms with E-state index in [1.807, 2.05) is 0 Å².